The second-order valence-corrected chi connectivity index (χ2v) is 3.90. The molecule has 0 saturated carbocycles. The molecule has 18 heavy (non-hydrogen) atoms. The molecule has 9 heteroatoms. The molecule has 0 spiro atoms. The Labute approximate surface area is 106 Å². The minimum absolute atomic E-state index is 0.162. The molecule has 0 radical (unpaired) electrons. The largest absolute Gasteiger partial charge is 0.381 e. The van der Waals surface area contributed by atoms with Gasteiger partial charge in [-0.05, 0) is 7.05 Å². The van der Waals surface area contributed by atoms with E-state index in [9.17, 15) is 5.11 Å². The quantitative estimate of drug-likeness (QED) is 0.405. The standard InChI is InChI=1S/C9H20N6O3/c1-13(5-17)8-11-7(10-4-16)12-9(15(8)3)14(2)6-18/h8,16-18H,4-6H2,1-3H3,(H,10,11). The molecule has 0 aromatic rings. The van der Waals surface area contributed by atoms with Gasteiger partial charge in [-0.2, -0.15) is 4.99 Å². The molecule has 1 unspecified atom stereocenters. The van der Waals surface area contributed by atoms with Crippen LogP contribution < -0.4 is 5.32 Å². The van der Waals surface area contributed by atoms with Gasteiger partial charge in [0.1, 0.15) is 13.5 Å². The minimum Gasteiger partial charge on any atom is -0.381 e. The molecule has 4 N–H and O–H groups in total. The van der Waals surface area contributed by atoms with Gasteiger partial charge in [0.05, 0.1) is 6.73 Å². The Kier molecular flexibility index (Phi) is 5.28. The Morgan fingerprint density at radius 2 is 2.00 bits per heavy atom. The van der Waals surface area contributed by atoms with Gasteiger partial charge >= 0.3 is 0 Å². The summed E-state index contributed by atoms with van der Waals surface area (Å²) in [6, 6.07) is 0. The molecule has 0 saturated heterocycles. The summed E-state index contributed by atoms with van der Waals surface area (Å²) >= 11 is 0. The highest BCUT2D eigenvalue weighted by Crippen LogP contribution is 2.08. The summed E-state index contributed by atoms with van der Waals surface area (Å²) in [5.74, 6) is 0.727. The smallest absolute Gasteiger partial charge is 0.226 e. The Hall–Kier alpha value is -1.42. The minimum atomic E-state index is -0.388. The number of rotatable bonds is 4. The van der Waals surface area contributed by atoms with Crippen LogP contribution in [0.25, 0.3) is 0 Å². The average molecular weight is 260 g/mol. The van der Waals surface area contributed by atoms with Crippen molar-refractivity contribution in [3.63, 3.8) is 0 Å². The van der Waals surface area contributed by atoms with Crippen molar-refractivity contribution in [2.24, 2.45) is 9.98 Å². The van der Waals surface area contributed by atoms with Crippen LogP contribution in [0.2, 0.25) is 0 Å². The maximum Gasteiger partial charge on any atom is 0.226 e. The van der Waals surface area contributed by atoms with E-state index in [0.29, 0.717) is 5.96 Å². The van der Waals surface area contributed by atoms with E-state index in [1.54, 1.807) is 30.9 Å². The van der Waals surface area contributed by atoms with Crippen LogP contribution in [-0.4, -0.2) is 89.6 Å². The van der Waals surface area contributed by atoms with Crippen molar-refractivity contribution in [3.05, 3.63) is 0 Å². The van der Waals surface area contributed by atoms with Gasteiger partial charge < -0.3 is 30.4 Å². The molecular formula is C9H20N6O3. The topological polar surface area (TPSA) is 107 Å². The summed E-state index contributed by atoms with van der Waals surface area (Å²) in [6.07, 6.45) is -0.373. The van der Waals surface area contributed by atoms with Crippen molar-refractivity contribution in [1.29, 1.82) is 0 Å². The molecule has 0 amide bonds. The number of hydrogen-bond acceptors (Lipinski definition) is 7. The zero-order valence-electron chi connectivity index (χ0n) is 10.8. The number of aliphatic hydroxyl groups excluding tert-OH is 3. The summed E-state index contributed by atoms with van der Waals surface area (Å²) in [6.45, 7) is -0.753. The van der Waals surface area contributed by atoms with Gasteiger partial charge in [-0.3, -0.25) is 0 Å². The first-order chi connectivity index (χ1) is 8.54. The molecule has 104 valence electrons. The van der Waals surface area contributed by atoms with E-state index in [2.05, 4.69) is 15.3 Å². The number of guanidine groups is 2. The maximum absolute atomic E-state index is 9.17. The first-order valence-electron chi connectivity index (χ1n) is 5.41. The predicted molar refractivity (Wildman–Crippen MR) is 66.3 cm³/mol. The average Bonchev–Trinajstić information content (AvgIpc) is 2.39. The van der Waals surface area contributed by atoms with Crippen LogP contribution in [0, 0.1) is 0 Å². The van der Waals surface area contributed by atoms with Gasteiger partial charge in [-0.15, -0.1) is 0 Å². The van der Waals surface area contributed by atoms with Crippen LogP contribution in [0.5, 0.6) is 0 Å². The van der Waals surface area contributed by atoms with Crippen molar-refractivity contribution < 1.29 is 15.3 Å². The lowest BCUT2D eigenvalue weighted by Gasteiger charge is -2.41. The highest BCUT2D eigenvalue weighted by molar-refractivity contribution is 5.97. The van der Waals surface area contributed by atoms with Gasteiger partial charge in [0, 0.05) is 14.1 Å². The van der Waals surface area contributed by atoms with E-state index >= 15 is 0 Å². The van der Waals surface area contributed by atoms with Crippen LogP contribution in [0.4, 0.5) is 0 Å². The summed E-state index contributed by atoms with van der Waals surface area (Å²) in [7, 11) is 5.16. The maximum atomic E-state index is 9.17. The van der Waals surface area contributed by atoms with E-state index < -0.39 is 0 Å². The fraction of sp³-hybridized carbons (Fsp3) is 0.778. The summed E-state index contributed by atoms with van der Waals surface area (Å²) in [5, 5.41) is 30.1. The third-order valence-corrected chi connectivity index (χ3v) is 2.56. The number of aliphatic imine (C=N–C) groups is 2. The Morgan fingerprint density at radius 3 is 2.50 bits per heavy atom. The Morgan fingerprint density at radius 1 is 1.33 bits per heavy atom. The van der Waals surface area contributed by atoms with E-state index in [1.807, 2.05) is 0 Å². The van der Waals surface area contributed by atoms with Crippen molar-refractivity contribution in [2.45, 2.75) is 6.29 Å². The number of nitrogens with one attached hydrogen (secondary N) is 1. The van der Waals surface area contributed by atoms with E-state index in [0.717, 1.165) is 0 Å². The van der Waals surface area contributed by atoms with E-state index in [1.165, 1.54) is 4.90 Å². The molecule has 0 aromatic heterocycles. The fourth-order valence-corrected chi connectivity index (χ4v) is 1.58. The first kappa shape index (κ1) is 14.6. The van der Waals surface area contributed by atoms with Gasteiger partial charge in [-0.25, -0.2) is 9.89 Å². The molecule has 1 atom stereocenters. The van der Waals surface area contributed by atoms with Crippen LogP contribution in [0.3, 0.4) is 0 Å². The molecule has 1 aliphatic heterocycles. The lowest BCUT2D eigenvalue weighted by atomic mass is 10.5. The van der Waals surface area contributed by atoms with Crippen molar-refractivity contribution in [3.8, 4) is 0 Å². The second kappa shape index (κ2) is 6.50. The first-order valence-corrected chi connectivity index (χ1v) is 5.41. The van der Waals surface area contributed by atoms with Crippen LogP contribution >= 0.6 is 0 Å². The van der Waals surface area contributed by atoms with Gasteiger partial charge in [0.15, 0.2) is 6.29 Å². The number of nitrogens with zero attached hydrogens (tertiary/aromatic N) is 5. The zero-order chi connectivity index (χ0) is 13.7. The third kappa shape index (κ3) is 3.07. The normalized spacial score (nSPS) is 22.2. The number of aliphatic hydroxyl groups is 3. The highest BCUT2D eigenvalue weighted by Gasteiger charge is 2.29. The second-order valence-electron chi connectivity index (χ2n) is 3.90. The van der Waals surface area contributed by atoms with Crippen LogP contribution in [0.1, 0.15) is 0 Å². The van der Waals surface area contributed by atoms with E-state index in [-0.39, 0.29) is 32.4 Å². The van der Waals surface area contributed by atoms with Crippen LogP contribution in [0.15, 0.2) is 9.98 Å². The molecule has 1 rings (SSSR count). The Bertz CT molecular complexity index is 334. The summed E-state index contributed by atoms with van der Waals surface area (Å²) in [4.78, 5) is 12.8. The predicted octanol–water partition coefficient (Wildman–Crippen LogP) is -2.77. The zero-order valence-corrected chi connectivity index (χ0v) is 10.8. The lowest BCUT2D eigenvalue weighted by molar-refractivity contribution is 0.0266. The van der Waals surface area contributed by atoms with E-state index in [4.69, 9.17) is 10.2 Å². The van der Waals surface area contributed by atoms with Crippen molar-refractivity contribution in [1.82, 2.24) is 20.0 Å². The van der Waals surface area contributed by atoms with Gasteiger partial charge in [-0.1, -0.05) is 0 Å². The molecule has 1 aliphatic rings. The summed E-state index contributed by atoms with van der Waals surface area (Å²) < 4.78 is 0. The molecular weight excluding hydrogens is 240 g/mol. The lowest BCUT2D eigenvalue weighted by Crippen LogP contribution is -2.63. The van der Waals surface area contributed by atoms with Crippen molar-refractivity contribution in [2.75, 3.05) is 41.3 Å². The molecule has 9 nitrogen and oxygen atoms in total. The highest BCUT2D eigenvalue weighted by atomic mass is 16.3. The fourth-order valence-electron chi connectivity index (χ4n) is 1.58. The van der Waals surface area contributed by atoms with Gasteiger partial charge in [0.25, 0.3) is 0 Å². The third-order valence-electron chi connectivity index (χ3n) is 2.56. The molecule has 0 aromatic carbocycles. The van der Waals surface area contributed by atoms with Crippen molar-refractivity contribution >= 4 is 11.9 Å². The molecule has 0 bridgehead atoms. The number of hydrogen-bond donors (Lipinski definition) is 4. The Balaban J connectivity index is 3.02. The van der Waals surface area contributed by atoms with Gasteiger partial charge in [0.2, 0.25) is 11.9 Å². The molecule has 1 heterocycles. The summed E-state index contributed by atoms with van der Waals surface area (Å²) in [5.41, 5.74) is 0. The SMILES string of the molecule is CN(CO)C1=NC(=NCO)NC(N(C)CO)N1C. The molecule has 0 aliphatic carbocycles. The molecule has 0 fully saturated rings. The monoisotopic (exact) mass is 260 g/mol. The van der Waals surface area contributed by atoms with Crippen LogP contribution in [-0.2, 0) is 0 Å².